The fourth-order valence-corrected chi connectivity index (χ4v) is 2.66. The van der Waals surface area contributed by atoms with Crippen molar-refractivity contribution in [1.82, 2.24) is 0 Å². The van der Waals surface area contributed by atoms with Crippen LogP contribution in [0.5, 0.6) is 0 Å². The van der Waals surface area contributed by atoms with E-state index < -0.39 is 0 Å². The molecular weight excluding hydrogens is 319 g/mol. The molecule has 0 fully saturated rings. The van der Waals surface area contributed by atoms with Gasteiger partial charge in [-0.15, -0.1) is 0 Å². The molecule has 1 atom stereocenters. The highest BCUT2D eigenvalue weighted by Gasteiger charge is 2.17. The van der Waals surface area contributed by atoms with Crippen molar-refractivity contribution in [2.75, 3.05) is 11.4 Å². The Bertz CT molecular complexity index is 599. The third-order valence-electron chi connectivity index (χ3n) is 3.23. The van der Waals surface area contributed by atoms with E-state index in [4.69, 9.17) is 5.73 Å². The molecule has 0 saturated heterocycles. The molecule has 0 aliphatic carbocycles. The molecule has 0 bridgehead atoms. The first kappa shape index (κ1) is 15.0. The smallest absolute Gasteiger partial charge is 0.146 e. The normalized spacial score (nSPS) is 12.2. The number of nitrogens with zero attached hydrogens (tertiary/aromatic N) is 1. The van der Waals surface area contributed by atoms with Crippen LogP contribution in [-0.4, -0.2) is 6.54 Å². The predicted octanol–water partition coefficient (Wildman–Crippen LogP) is 4.77. The molecule has 0 saturated carbocycles. The highest BCUT2D eigenvalue weighted by atomic mass is 79.9. The first-order chi connectivity index (χ1) is 9.54. The van der Waals surface area contributed by atoms with E-state index >= 15 is 0 Å². The van der Waals surface area contributed by atoms with Crippen molar-refractivity contribution in [1.29, 1.82) is 0 Å². The number of halogens is 2. The van der Waals surface area contributed by atoms with Crippen molar-refractivity contribution in [2.45, 2.75) is 19.9 Å². The third-order valence-corrected chi connectivity index (χ3v) is 3.72. The van der Waals surface area contributed by atoms with Crippen LogP contribution in [0.2, 0.25) is 0 Å². The van der Waals surface area contributed by atoms with E-state index in [1.165, 1.54) is 6.07 Å². The third kappa shape index (κ3) is 3.02. The first-order valence-electron chi connectivity index (χ1n) is 6.61. The predicted molar refractivity (Wildman–Crippen MR) is 85.8 cm³/mol. The van der Waals surface area contributed by atoms with E-state index in [-0.39, 0.29) is 11.9 Å². The lowest BCUT2D eigenvalue weighted by Crippen LogP contribution is -2.21. The van der Waals surface area contributed by atoms with Crippen LogP contribution in [-0.2, 0) is 0 Å². The van der Waals surface area contributed by atoms with Crippen molar-refractivity contribution in [3.63, 3.8) is 0 Å². The largest absolute Gasteiger partial charge is 0.339 e. The van der Waals surface area contributed by atoms with E-state index in [1.54, 1.807) is 12.1 Å². The van der Waals surface area contributed by atoms with Gasteiger partial charge in [0.1, 0.15) is 5.82 Å². The maximum atomic E-state index is 14.0. The van der Waals surface area contributed by atoms with Gasteiger partial charge >= 0.3 is 0 Å². The Balaban J connectivity index is 2.55. The fraction of sp³-hybridized carbons (Fsp3) is 0.250. The van der Waals surface area contributed by atoms with Gasteiger partial charge in [0.15, 0.2) is 0 Å². The maximum absolute atomic E-state index is 14.0. The lowest BCUT2D eigenvalue weighted by atomic mass is 10.1. The van der Waals surface area contributed by atoms with E-state index in [0.29, 0.717) is 12.2 Å². The summed E-state index contributed by atoms with van der Waals surface area (Å²) in [6.45, 7) is 4.60. The maximum Gasteiger partial charge on any atom is 0.146 e. The Hall–Kier alpha value is -1.39. The van der Waals surface area contributed by atoms with Crippen LogP contribution in [0.25, 0.3) is 0 Å². The highest BCUT2D eigenvalue weighted by molar-refractivity contribution is 9.10. The van der Waals surface area contributed by atoms with Gasteiger partial charge in [-0.05, 0) is 49.7 Å². The summed E-state index contributed by atoms with van der Waals surface area (Å²) in [6.07, 6.45) is 0. The number of rotatable bonds is 4. The second kappa shape index (κ2) is 6.37. The number of anilines is 2. The Morgan fingerprint density at radius 3 is 2.50 bits per heavy atom. The lowest BCUT2D eigenvalue weighted by molar-refractivity contribution is 0.625. The van der Waals surface area contributed by atoms with Gasteiger partial charge in [-0.1, -0.05) is 28.1 Å². The molecule has 2 nitrogen and oxygen atoms in total. The second-order valence-electron chi connectivity index (χ2n) is 4.69. The number of hydrogen-bond acceptors (Lipinski definition) is 2. The molecule has 0 spiro atoms. The van der Waals surface area contributed by atoms with E-state index in [9.17, 15) is 4.39 Å². The number of benzene rings is 2. The molecular formula is C16H18BrFN2. The molecule has 2 aromatic rings. The van der Waals surface area contributed by atoms with Gasteiger partial charge in [-0.2, -0.15) is 0 Å². The zero-order valence-electron chi connectivity index (χ0n) is 11.6. The van der Waals surface area contributed by atoms with Gasteiger partial charge in [0.2, 0.25) is 0 Å². The summed E-state index contributed by atoms with van der Waals surface area (Å²) in [6, 6.07) is 12.6. The van der Waals surface area contributed by atoms with Crippen molar-refractivity contribution in [3.05, 3.63) is 58.3 Å². The van der Waals surface area contributed by atoms with Gasteiger partial charge in [-0.3, -0.25) is 0 Å². The summed E-state index contributed by atoms with van der Waals surface area (Å²) in [5.41, 5.74) is 8.55. The zero-order valence-corrected chi connectivity index (χ0v) is 13.2. The van der Waals surface area contributed by atoms with Gasteiger partial charge < -0.3 is 10.6 Å². The number of para-hydroxylation sites is 1. The van der Waals surface area contributed by atoms with Gasteiger partial charge in [0.25, 0.3) is 0 Å². The van der Waals surface area contributed by atoms with Crippen molar-refractivity contribution in [2.24, 2.45) is 5.73 Å². The zero-order chi connectivity index (χ0) is 14.7. The van der Waals surface area contributed by atoms with Crippen molar-refractivity contribution in [3.8, 4) is 0 Å². The van der Waals surface area contributed by atoms with E-state index in [1.807, 2.05) is 43.0 Å². The van der Waals surface area contributed by atoms with E-state index in [2.05, 4.69) is 15.9 Å². The summed E-state index contributed by atoms with van der Waals surface area (Å²) >= 11 is 3.46. The Morgan fingerprint density at radius 2 is 1.90 bits per heavy atom. The molecule has 0 aliphatic rings. The summed E-state index contributed by atoms with van der Waals surface area (Å²) in [7, 11) is 0. The van der Waals surface area contributed by atoms with Crippen LogP contribution in [0.3, 0.4) is 0 Å². The average molecular weight is 337 g/mol. The molecule has 0 aliphatic heterocycles. The summed E-state index contributed by atoms with van der Waals surface area (Å²) in [5.74, 6) is -0.229. The average Bonchev–Trinajstić information content (AvgIpc) is 2.42. The molecule has 4 heteroatoms. The molecule has 1 unspecified atom stereocenters. The van der Waals surface area contributed by atoms with Crippen molar-refractivity contribution >= 4 is 27.3 Å². The topological polar surface area (TPSA) is 29.3 Å². The Labute approximate surface area is 127 Å². The number of hydrogen-bond donors (Lipinski definition) is 1. The molecule has 0 aromatic heterocycles. The lowest BCUT2D eigenvalue weighted by Gasteiger charge is -2.27. The van der Waals surface area contributed by atoms with Gasteiger partial charge in [-0.25, -0.2) is 4.39 Å². The molecule has 2 N–H and O–H groups in total. The summed E-state index contributed by atoms with van der Waals surface area (Å²) < 4.78 is 15.0. The molecule has 2 rings (SSSR count). The van der Waals surface area contributed by atoms with Gasteiger partial charge in [0.05, 0.1) is 5.69 Å². The molecule has 20 heavy (non-hydrogen) atoms. The van der Waals surface area contributed by atoms with Crippen LogP contribution >= 0.6 is 15.9 Å². The molecule has 0 radical (unpaired) electrons. The summed E-state index contributed by atoms with van der Waals surface area (Å²) in [4.78, 5) is 1.94. The van der Waals surface area contributed by atoms with E-state index in [0.717, 1.165) is 15.7 Å². The number of nitrogens with two attached hydrogens (primary N) is 1. The highest BCUT2D eigenvalue weighted by Crippen LogP contribution is 2.34. The molecule has 0 amide bonds. The Morgan fingerprint density at radius 1 is 1.20 bits per heavy atom. The Kier molecular flexibility index (Phi) is 4.78. The minimum absolute atomic E-state index is 0.122. The van der Waals surface area contributed by atoms with Crippen LogP contribution in [0.15, 0.2) is 46.9 Å². The van der Waals surface area contributed by atoms with Crippen LogP contribution in [0, 0.1) is 5.82 Å². The fourth-order valence-electron chi connectivity index (χ4n) is 2.28. The minimum atomic E-state index is -0.229. The molecule has 106 valence electrons. The second-order valence-corrected chi connectivity index (χ2v) is 5.60. The van der Waals surface area contributed by atoms with Crippen LogP contribution in [0.4, 0.5) is 15.8 Å². The van der Waals surface area contributed by atoms with Crippen LogP contribution in [0.1, 0.15) is 25.5 Å². The summed E-state index contributed by atoms with van der Waals surface area (Å²) in [5, 5.41) is 0. The molecule has 2 aromatic carbocycles. The van der Waals surface area contributed by atoms with Crippen molar-refractivity contribution < 1.29 is 4.39 Å². The van der Waals surface area contributed by atoms with Crippen LogP contribution < -0.4 is 10.6 Å². The quantitative estimate of drug-likeness (QED) is 0.871. The standard InChI is InChI=1S/C16H18BrFN2/c1-3-20(16-7-5-4-6-14(16)18)15-9-8-12(17)10-13(15)11(2)19/h4-11H,3,19H2,1-2H3. The monoisotopic (exact) mass is 336 g/mol. The minimum Gasteiger partial charge on any atom is -0.339 e. The molecule has 0 heterocycles. The SMILES string of the molecule is CCN(c1ccccc1F)c1ccc(Br)cc1C(C)N. The first-order valence-corrected chi connectivity index (χ1v) is 7.41. The van der Waals surface area contributed by atoms with Gasteiger partial charge in [0, 0.05) is 22.7 Å².